The number of nitrogens with zero attached hydrogens (tertiary/aromatic N) is 1. The quantitative estimate of drug-likeness (QED) is 0.742. The van der Waals surface area contributed by atoms with Gasteiger partial charge in [-0.2, -0.15) is 0 Å². The molecule has 2 aliphatic heterocycles. The smallest absolute Gasteiger partial charge is 0.238 e. The number of fused-ring (bicyclic) bond motifs is 2. The summed E-state index contributed by atoms with van der Waals surface area (Å²) >= 11 is 0. The van der Waals surface area contributed by atoms with Crippen molar-refractivity contribution in [3.05, 3.63) is 0 Å². The summed E-state index contributed by atoms with van der Waals surface area (Å²) in [4.78, 5) is 14.2. The number of carbonyl (C=O) groups excluding carboxylic acids is 1. The molecule has 0 aromatic heterocycles. The van der Waals surface area contributed by atoms with Crippen molar-refractivity contribution in [2.75, 3.05) is 24.6 Å². The van der Waals surface area contributed by atoms with Crippen LogP contribution in [0.1, 0.15) is 45.4 Å². The normalized spacial score (nSPS) is 26.6. The van der Waals surface area contributed by atoms with E-state index in [1.54, 1.807) is 0 Å². The van der Waals surface area contributed by atoms with E-state index in [-0.39, 0.29) is 29.5 Å². The zero-order valence-electron chi connectivity index (χ0n) is 12.3. The van der Waals surface area contributed by atoms with E-state index < -0.39 is 9.84 Å². The number of carbonyl (C=O) groups is 1. The van der Waals surface area contributed by atoms with Gasteiger partial charge >= 0.3 is 0 Å². The molecule has 1 amide bonds. The van der Waals surface area contributed by atoms with Gasteiger partial charge < -0.3 is 10.2 Å². The van der Waals surface area contributed by atoms with Gasteiger partial charge in [-0.3, -0.25) is 4.79 Å². The van der Waals surface area contributed by atoms with E-state index >= 15 is 0 Å². The van der Waals surface area contributed by atoms with E-state index in [0.29, 0.717) is 6.42 Å². The molecule has 116 valence electrons. The molecule has 0 aliphatic carbocycles. The Morgan fingerprint density at radius 3 is 2.70 bits per heavy atom. The van der Waals surface area contributed by atoms with Crippen molar-refractivity contribution in [3.8, 4) is 0 Å². The molecule has 0 aromatic carbocycles. The maximum atomic E-state index is 12.4. The topological polar surface area (TPSA) is 66.5 Å². The summed E-state index contributed by atoms with van der Waals surface area (Å²) in [5.74, 6) is -0.338. The molecular formula is C14H26N2O3S. The lowest BCUT2D eigenvalue weighted by molar-refractivity contribution is -0.130. The van der Waals surface area contributed by atoms with Gasteiger partial charge in [-0.1, -0.05) is 19.8 Å². The van der Waals surface area contributed by atoms with E-state index in [9.17, 15) is 13.2 Å². The van der Waals surface area contributed by atoms with Gasteiger partial charge in [0.25, 0.3) is 0 Å². The molecule has 0 saturated carbocycles. The highest BCUT2D eigenvalue weighted by Gasteiger charge is 2.38. The van der Waals surface area contributed by atoms with Gasteiger partial charge in [-0.15, -0.1) is 0 Å². The lowest BCUT2D eigenvalue weighted by atomic mass is 10.1. The van der Waals surface area contributed by atoms with E-state index in [2.05, 4.69) is 5.32 Å². The molecule has 0 radical (unpaired) electrons. The van der Waals surface area contributed by atoms with Crippen LogP contribution >= 0.6 is 0 Å². The van der Waals surface area contributed by atoms with Crippen LogP contribution in [0.2, 0.25) is 0 Å². The molecule has 2 rings (SSSR count). The molecular weight excluding hydrogens is 276 g/mol. The molecule has 0 aromatic rings. The van der Waals surface area contributed by atoms with Gasteiger partial charge in [0.1, 0.15) is 5.75 Å². The summed E-state index contributed by atoms with van der Waals surface area (Å²) in [6.45, 7) is 3.77. The summed E-state index contributed by atoms with van der Waals surface area (Å²) in [6.07, 6.45) is 5.53. The first-order valence-electron chi connectivity index (χ1n) is 7.76. The second-order valence-corrected chi connectivity index (χ2v) is 8.16. The predicted molar refractivity (Wildman–Crippen MR) is 79.3 cm³/mol. The van der Waals surface area contributed by atoms with Gasteiger partial charge in [0, 0.05) is 18.6 Å². The van der Waals surface area contributed by atoms with Crippen LogP contribution in [0.25, 0.3) is 0 Å². The maximum absolute atomic E-state index is 12.4. The largest absolute Gasteiger partial charge is 0.335 e. The molecule has 20 heavy (non-hydrogen) atoms. The molecule has 2 atom stereocenters. The summed E-state index contributed by atoms with van der Waals surface area (Å²) in [6, 6.07) is 0.439. The van der Waals surface area contributed by atoms with Gasteiger partial charge in [-0.05, 0) is 32.2 Å². The summed E-state index contributed by atoms with van der Waals surface area (Å²) in [7, 11) is -3.24. The fourth-order valence-corrected chi connectivity index (χ4v) is 4.61. The Hall–Kier alpha value is -0.620. The Kier molecular flexibility index (Phi) is 5.43. The van der Waals surface area contributed by atoms with Crippen LogP contribution in [-0.4, -0.2) is 55.9 Å². The standard InChI is InChI=1S/C14H26N2O3S/c1-2-3-4-9-20(18,19)11-14(17)16-12-5-6-13(16)10-15-8-7-12/h12-13,15H,2-11H2,1H3. The Morgan fingerprint density at radius 2 is 1.95 bits per heavy atom. The first kappa shape index (κ1) is 15.8. The van der Waals surface area contributed by atoms with Crippen molar-refractivity contribution < 1.29 is 13.2 Å². The van der Waals surface area contributed by atoms with Crippen molar-refractivity contribution >= 4 is 15.7 Å². The SMILES string of the molecule is CCCCCS(=O)(=O)CC(=O)N1C2CCNCC1CC2. The highest BCUT2D eigenvalue weighted by atomic mass is 32.2. The average molecular weight is 302 g/mol. The molecule has 2 bridgehead atoms. The van der Waals surface area contributed by atoms with E-state index in [1.807, 2.05) is 11.8 Å². The third-order valence-corrected chi connectivity index (χ3v) is 5.94. The number of nitrogens with one attached hydrogen (secondary N) is 1. The Morgan fingerprint density at radius 1 is 1.20 bits per heavy atom. The third-order valence-electron chi connectivity index (χ3n) is 4.34. The molecule has 2 saturated heterocycles. The Balaban J connectivity index is 1.94. The van der Waals surface area contributed by atoms with Crippen LogP contribution in [0, 0.1) is 0 Å². The molecule has 2 unspecified atom stereocenters. The number of hydrogen-bond donors (Lipinski definition) is 1. The predicted octanol–water partition coefficient (Wildman–Crippen LogP) is 0.944. The van der Waals surface area contributed by atoms with Gasteiger partial charge in [0.2, 0.25) is 5.91 Å². The number of amides is 1. The number of unbranched alkanes of at least 4 members (excludes halogenated alkanes) is 2. The summed E-state index contributed by atoms with van der Waals surface area (Å²) < 4.78 is 24.0. The minimum Gasteiger partial charge on any atom is -0.335 e. The highest BCUT2D eigenvalue weighted by Crippen LogP contribution is 2.28. The monoisotopic (exact) mass is 302 g/mol. The second kappa shape index (κ2) is 6.89. The van der Waals surface area contributed by atoms with Crippen LogP contribution in [0.5, 0.6) is 0 Å². The number of sulfone groups is 1. The van der Waals surface area contributed by atoms with Crippen molar-refractivity contribution in [2.45, 2.75) is 57.5 Å². The molecule has 1 N–H and O–H groups in total. The first-order chi connectivity index (χ1) is 9.53. The first-order valence-corrected chi connectivity index (χ1v) is 9.58. The molecule has 2 heterocycles. The molecule has 2 aliphatic rings. The third kappa shape index (κ3) is 3.95. The van der Waals surface area contributed by atoms with Crippen LogP contribution in [0.4, 0.5) is 0 Å². The van der Waals surface area contributed by atoms with Gasteiger partial charge in [0.05, 0.1) is 5.75 Å². The second-order valence-electron chi connectivity index (χ2n) is 5.98. The Bertz CT molecular complexity index is 422. The number of rotatable bonds is 6. The van der Waals surface area contributed by atoms with Crippen molar-refractivity contribution in [2.24, 2.45) is 0 Å². The lowest BCUT2D eigenvalue weighted by Crippen LogP contribution is -2.45. The summed E-state index contributed by atoms with van der Waals surface area (Å²) in [5, 5.41) is 3.32. The minimum atomic E-state index is -3.24. The fraction of sp³-hybridized carbons (Fsp3) is 0.929. The maximum Gasteiger partial charge on any atom is 0.238 e. The van der Waals surface area contributed by atoms with Crippen LogP contribution < -0.4 is 5.32 Å². The number of hydrogen-bond acceptors (Lipinski definition) is 4. The molecule has 5 nitrogen and oxygen atoms in total. The van der Waals surface area contributed by atoms with E-state index in [1.165, 1.54) is 0 Å². The van der Waals surface area contributed by atoms with Crippen LogP contribution in [0.3, 0.4) is 0 Å². The molecule has 6 heteroatoms. The van der Waals surface area contributed by atoms with Crippen LogP contribution in [-0.2, 0) is 14.6 Å². The van der Waals surface area contributed by atoms with Gasteiger partial charge in [-0.25, -0.2) is 8.42 Å². The minimum absolute atomic E-state index is 0.147. The molecule has 0 spiro atoms. The van der Waals surface area contributed by atoms with Crippen LogP contribution in [0.15, 0.2) is 0 Å². The fourth-order valence-electron chi connectivity index (χ4n) is 3.30. The van der Waals surface area contributed by atoms with E-state index in [0.717, 1.165) is 45.2 Å². The zero-order valence-corrected chi connectivity index (χ0v) is 13.1. The highest BCUT2D eigenvalue weighted by molar-refractivity contribution is 7.92. The Labute approximate surface area is 122 Å². The van der Waals surface area contributed by atoms with E-state index in [4.69, 9.17) is 0 Å². The average Bonchev–Trinajstić information content (AvgIpc) is 2.62. The summed E-state index contributed by atoms with van der Waals surface area (Å²) in [5.41, 5.74) is 0. The lowest BCUT2D eigenvalue weighted by Gasteiger charge is -2.27. The van der Waals surface area contributed by atoms with Gasteiger partial charge in [0.15, 0.2) is 9.84 Å². The van der Waals surface area contributed by atoms with Crippen molar-refractivity contribution in [1.82, 2.24) is 10.2 Å². The zero-order chi connectivity index (χ0) is 14.6. The van der Waals surface area contributed by atoms with Crippen molar-refractivity contribution in [3.63, 3.8) is 0 Å². The molecule has 2 fully saturated rings. The van der Waals surface area contributed by atoms with Crippen molar-refractivity contribution in [1.29, 1.82) is 0 Å².